The number of likely N-dealkylation sites (tertiary alicyclic amines) is 2. The maximum atomic E-state index is 13.8. The summed E-state index contributed by atoms with van der Waals surface area (Å²) in [5, 5.41) is 5.38. The summed E-state index contributed by atoms with van der Waals surface area (Å²) in [4.78, 5) is 50.1. The summed E-state index contributed by atoms with van der Waals surface area (Å²) >= 11 is 6.47. The van der Waals surface area contributed by atoms with Crippen molar-refractivity contribution >= 4 is 40.9 Å². The van der Waals surface area contributed by atoms with Crippen molar-refractivity contribution in [2.24, 2.45) is 17.8 Å². The minimum absolute atomic E-state index is 0.0683. The number of piperidine rings is 1. The number of rotatable bonds is 9. The molecular formula is C34H46ClN5O4. The van der Waals surface area contributed by atoms with Crippen LogP contribution in [0.4, 0.5) is 16.2 Å². The summed E-state index contributed by atoms with van der Waals surface area (Å²) in [6, 6.07) is 13.7. The number of nitrogens with zero attached hydrogens (tertiary/aromatic N) is 4. The fourth-order valence-electron chi connectivity index (χ4n) is 6.90. The lowest BCUT2D eigenvalue weighted by molar-refractivity contribution is -0.133. The Morgan fingerprint density at radius 1 is 1.02 bits per heavy atom. The molecule has 2 aromatic rings. The van der Waals surface area contributed by atoms with Crippen molar-refractivity contribution in [3.8, 4) is 0 Å². The van der Waals surface area contributed by atoms with Crippen molar-refractivity contribution in [1.82, 2.24) is 14.9 Å². The summed E-state index contributed by atoms with van der Waals surface area (Å²) in [5.41, 5.74) is 3.69. The number of benzene rings is 2. The van der Waals surface area contributed by atoms with Gasteiger partial charge in [0.05, 0.1) is 0 Å². The Labute approximate surface area is 266 Å². The van der Waals surface area contributed by atoms with Crippen LogP contribution in [0.3, 0.4) is 0 Å². The number of para-hydroxylation sites is 1. The molecule has 0 bridgehead atoms. The zero-order valence-electron chi connectivity index (χ0n) is 26.4. The van der Waals surface area contributed by atoms with Crippen LogP contribution in [0, 0.1) is 24.7 Å². The van der Waals surface area contributed by atoms with E-state index in [2.05, 4.69) is 24.1 Å². The van der Waals surface area contributed by atoms with Crippen LogP contribution in [0.15, 0.2) is 42.5 Å². The highest BCUT2D eigenvalue weighted by atomic mass is 35.5. The second-order valence-electron chi connectivity index (χ2n) is 12.9. The van der Waals surface area contributed by atoms with Crippen LogP contribution in [0.2, 0.25) is 5.02 Å². The number of carbonyl (C=O) groups excluding carboxylic acids is 3. The van der Waals surface area contributed by atoms with E-state index in [1.54, 1.807) is 12.0 Å². The van der Waals surface area contributed by atoms with Gasteiger partial charge >= 0.3 is 6.09 Å². The third-order valence-corrected chi connectivity index (χ3v) is 9.85. The van der Waals surface area contributed by atoms with Crippen molar-refractivity contribution in [3.63, 3.8) is 0 Å². The van der Waals surface area contributed by atoms with Crippen molar-refractivity contribution in [2.45, 2.75) is 52.9 Å². The number of anilines is 2. The second kappa shape index (κ2) is 14.3. The molecule has 5 rings (SSSR count). The highest BCUT2D eigenvalue weighted by Crippen LogP contribution is 2.32. The predicted molar refractivity (Wildman–Crippen MR) is 174 cm³/mol. The molecule has 3 fully saturated rings. The number of hydrogen-bond donors (Lipinski definition) is 1. The molecule has 3 aliphatic rings. The Morgan fingerprint density at radius 3 is 2.34 bits per heavy atom. The van der Waals surface area contributed by atoms with Crippen LogP contribution >= 0.6 is 11.6 Å². The number of halogens is 1. The summed E-state index contributed by atoms with van der Waals surface area (Å²) < 4.78 is 0. The molecule has 3 aliphatic heterocycles. The SMILES string of the molecule is CC(=O)N1CCC(C(=O)N(CCCN2CC3CN(OC(=O)Nc4ccccc4C(C)C)CC3C2)c2ccc(C)c(Cl)c2)CC1. The molecule has 44 heavy (non-hydrogen) atoms. The first-order valence-corrected chi connectivity index (χ1v) is 16.3. The van der Waals surface area contributed by atoms with Gasteiger partial charge in [-0.25, -0.2) is 4.79 Å². The van der Waals surface area contributed by atoms with Gasteiger partial charge in [-0.1, -0.05) is 49.7 Å². The molecule has 238 valence electrons. The Hall–Kier alpha value is -3.14. The standard InChI is InChI=1S/C34H46ClN5O4/c1-23(2)30-8-5-6-9-32(30)36-34(43)44-39-21-27-19-37(20-28(27)22-39)14-7-15-40(29-11-10-24(3)31(35)18-29)33(42)26-12-16-38(17-13-26)25(4)41/h5-6,8-11,18,23,26-28H,7,12-17,19-22H2,1-4H3,(H,36,43). The number of carbonyl (C=O) groups is 3. The number of hydroxylamine groups is 2. The first kappa shape index (κ1) is 32.3. The van der Waals surface area contributed by atoms with Gasteiger partial charge in [0.2, 0.25) is 11.8 Å². The Kier molecular flexibility index (Phi) is 10.5. The zero-order chi connectivity index (χ0) is 31.4. The summed E-state index contributed by atoms with van der Waals surface area (Å²) in [6.45, 7) is 13.9. The number of fused-ring (bicyclic) bond motifs is 1. The van der Waals surface area contributed by atoms with E-state index in [1.807, 2.05) is 59.2 Å². The second-order valence-corrected chi connectivity index (χ2v) is 13.3. The van der Waals surface area contributed by atoms with Crippen molar-refractivity contribution in [2.75, 3.05) is 62.6 Å². The quantitative estimate of drug-likeness (QED) is 0.381. The van der Waals surface area contributed by atoms with E-state index in [0.717, 1.165) is 61.6 Å². The average molecular weight is 624 g/mol. The van der Waals surface area contributed by atoms with Crippen molar-refractivity contribution < 1.29 is 19.2 Å². The predicted octanol–water partition coefficient (Wildman–Crippen LogP) is 5.78. The molecule has 2 aromatic carbocycles. The molecule has 2 atom stereocenters. The van der Waals surface area contributed by atoms with Gasteiger partial charge in [-0.15, -0.1) is 5.06 Å². The molecule has 3 amide bonds. The van der Waals surface area contributed by atoms with Gasteiger partial charge in [0.15, 0.2) is 0 Å². The first-order valence-electron chi connectivity index (χ1n) is 16.0. The zero-order valence-corrected chi connectivity index (χ0v) is 27.2. The number of aryl methyl sites for hydroxylation is 1. The highest BCUT2D eigenvalue weighted by molar-refractivity contribution is 6.31. The van der Waals surface area contributed by atoms with Crippen LogP contribution in [0.25, 0.3) is 0 Å². The van der Waals surface area contributed by atoms with Gasteiger partial charge in [-0.2, -0.15) is 0 Å². The molecular weight excluding hydrogens is 578 g/mol. The summed E-state index contributed by atoms with van der Waals surface area (Å²) in [6.07, 6.45) is 1.78. The van der Waals surface area contributed by atoms with E-state index >= 15 is 0 Å². The molecule has 10 heteroatoms. The highest BCUT2D eigenvalue weighted by Gasteiger charge is 2.41. The van der Waals surface area contributed by atoms with Crippen molar-refractivity contribution in [3.05, 3.63) is 58.6 Å². The van der Waals surface area contributed by atoms with Crippen LogP contribution < -0.4 is 10.2 Å². The van der Waals surface area contributed by atoms with Crippen LogP contribution in [0.1, 0.15) is 57.1 Å². The molecule has 2 unspecified atom stereocenters. The van der Waals surface area contributed by atoms with E-state index in [1.165, 1.54) is 0 Å². The third kappa shape index (κ3) is 7.73. The maximum Gasteiger partial charge on any atom is 0.430 e. The molecule has 0 spiro atoms. The minimum Gasteiger partial charge on any atom is -0.351 e. The van der Waals surface area contributed by atoms with E-state index in [4.69, 9.17) is 16.4 Å². The lowest BCUT2D eigenvalue weighted by Gasteiger charge is -2.34. The van der Waals surface area contributed by atoms with E-state index in [0.29, 0.717) is 55.3 Å². The lowest BCUT2D eigenvalue weighted by atomic mass is 9.94. The van der Waals surface area contributed by atoms with Crippen molar-refractivity contribution in [1.29, 1.82) is 0 Å². The van der Waals surface area contributed by atoms with E-state index in [9.17, 15) is 14.4 Å². The van der Waals surface area contributed by atoms with E-state index < -0.39 is 6.09 Å². The molecule has 1 N–H and O–H groups in total. The van der Waals surface area contributed by atoms with E-state index in [-0.39, 0.29) is 17.7 Å². The molecule has 0 aliphatic carbocycles. The monoisotopic (exact) mass is 623 g/mol. The fraction of sp³-hybridized carbons (Fsp3) is 0.559. The van der Waals surface area contributed by atoms with Gasteiger partial charge in [-0.05, 0) is 79.8 Å². The Bertz CT molecular complexity index is 1330. The molecule has 9 nitrogen and oxygen atoms in total. The van der Waals surface area contributed by atoms with Gasteiger partial charge in [0, 0.05) is 75.1 Å². The molecule has 0 saturated carbocycles. The van der Waals surface area contributed by atoms with Crippen LogP contribution in [-0.2, 0) is 14.4 Å². The van der Waals surface area contributed by atoms with Gasteiger partial charge in [0.25, 0.3) is 0 Å². The molecule has 0 aromatic heterocycles. The van der Waals surface area contributed by atoms with Gasteiger partial charge in [0.1, 0.15) is 0 Å². The Balaban J connectivity index is 1.11. The molecule has 0 radical (unpaired) electrons. The number of nitrogens with one attached hydrogen (secondary N) is 1. The topological polar surface area (TPSA) is 85.4 Å². The maximum absolute atomic E-state index is 13.8. The number of hydrogen-bond acceptors (Lipinski definition) is 6. The lowest BCUT2D eigenvalue weighted by Crippen LogP contribution is -2.44. The molecule has 3 saturated heterocycles. The average Bonchev–Trinajstić information content (AvgIpc) is 3.54. The number of amides is 3. The summed E-state index contributed by atoms with van der Waals surface area (Å²) in [7, 11) is 0. The first-order chi connectivity index (χ1) is 21.1. The smallest absolute Gasteiger partial charge is 0.351 e. The minimum atomic E-state index is -0.442. The van der Waals surface area contributed by atoms with Crippen LogP contribution in [-0.4, -0.2) is 85.1 Å². The fourth-order valence-corrected chi connectivity index (χ4v) is 7.07. The molecule has 3 heterocycles. The Morgan fingerprint density at radius 2 is 1.70 bits per heavy atom. The van der Waals surface area contributed by atoms with Crippen LogP contribution in [0.5, 0.6) is 0 Å². The van der Waals surface area contributed by atoms with Gasteiger partial charge < -0.3 is 19.5 Å². The van der Waals surface area contributed by atoms with Gasteiger partial charge in [-0.3, -0.25) is 14.9 Å². The largest absolute Gasteiger partial charge is 0.430 e. The summed E-state index contributed by atoms with van der Waals surface area (Å²) in [5.74, 6) is 1.29. The third-order valence-electron chi connectivity index (χ3n) is 9.44. The normalized spacial score (nSPS) is 21.0.